The number of hydrogen-bond acceptors (Lipinski definition) is 4. The molecule has 1 aromatic heterocycles. The van der Waals surface area contributed by atoms with Crippen molar-refractivity contribution in [1.82, 2.24) is 10.3 Å². The molecule has 2 aromatic rings. The fraction of sp³-hybridized carbons (Fsp3) is 0.333. The van der Waals surface area contributed by atoms with Gasteiger partial charge < -0.3 is 14.8 Å². The largest absolute Gasteiger partial charge is 0.573 e. The third-order valence-corrected chi connectivity index (χ3v) is 3.53. The van der Waals surface area contributed by atoms with Crippen molar-refractivity contribution in [1.29, 1.82) is 0 Å². The third kappa shape index (κ3) is 6.84. The predicted octanol–water partition coefficient (Wildman–Crippen LogP) is 4.72. The summed E-state index contributed by atoms with van der Waals surface area (Å²) in [5.74, 6) is -1.85. The molecule has 29 heavy (non-hydrogen) atoms. The minimum absolute atomic E-state index is 0.00294. The lowest BCUT2D eigenvalue weighted by Crippen LogP contribution is -2.29. The second kappa shape index (κ2) is 8.58. The molecule has 0 bridgehead atoms. The first kappa shape index (κ1) is 22.3. The molecule has 0 saturated heterocycles. The Morgan fingerprint density at radius 2 is 1.72 bits per heavy atom. The standard InChI is InChI=1S/C18H16F6N2O3/c1-10-7-8-14(28-9-17(19,20)21)15(25-10)11(2)26-16(27)12-5-3-4-6-13(12)29-18(22,23)24/h3-8,11H,9H2,1-2H3,(H,26,27). The van der Waals surface area contributed by atoms with E-state index in [0.717, 1.165) is 12.1 Å². The van der Waals surface area contributed by atoms with Crippen LogP contribution in [-0.4, -0.2) is 30.0 Å². The molecule has 1 amide bonds. The molecule has 1 unspecified atom stereocenters. The first-order chi connectivity index (χ1) is 13.4. The topological polar surface area (TPSA) is 60.5 Å². The van der Waals surface area contributed by atoms with Gasteiger partial charge in [0.25, 0.3) is 5.91 Å². The lowest BCUT2D eigenvalue weighted by Gasteiger charge is -2.19. The van der Waals surface area contributed by atoms with E-state index in [1.54, 1.807) is 6.92 Å². The van der Waals surface area contributed by atoms with Crippen LogP contribution in [0.5, 0.6) is 11.5 Å². The summed E-state index contributed by atoms with van der Waals surface area (Å²) in [5.41, 5.74) is 0.0418. The average Bonchev–Trinajstić information content (AvgIpc) is 2.58. The van der Waals surface area contributed by atoms with Crippen LogP contribution in [0.25, 0.3) is 0 Å². The highest BCUT2D eigenvalue weighted by Gasteiger charge is 2.33. The maximum absolute atomic E-state index is 12.5. The van der Waals surface area contributed by atoms with Crippen LogP contribution in [0.1, 0.15) is 34.7 Å². The summed E-state index contributed by atoms with van der Waals surface area (Å²) in [6, 6.07) is 6.41. The number of para-hydroxylation sites is 1. The lowest BCUT2D eigenvalue weighted by atomic mass is 10.1. The van der Waals surface area contributed by atoms with Crippen LogP contribution in [0.3, 0.4) is 0 Å². The van der Waals surface area contributed by atoms with E-state index >= 15 is 0 Å². The molecular formula is C18H16F6N2O3. The van der Waals surface area contributed by atoms with Gasteiger partial charge in [-0.05, 0) is 38.1 Å². The highest BCUT2D eigenvalue weighted by Crippen LogP contribution is 2.29. The summed E-state index contributed by atoms with van der Waals surface area (Å²) in [4.78, 5) is 16.5. The van der Waals surface area contributed by atoms with E-state index in [2.05, 4.69) is 15.0 Å². The molecule has 2 rings (SSSR count). The van der Waals surface area contributed by atoms with Gasteiger partial charge >= 0.3 is 12.5 Å². The van der Waals surface area contributed by atoms with Gasteiger partial charge in [-0.3, -0.25) is 9.78 Å². The fourth-order valence-electron chi connectivity index (χ4n) is 2.37. The van der Waals surface area contributed by atoms with Crippen molar-refractivity contribution in [3.63, 3.8) is 0 Å². The van der Waals surface area contributed by atoms with Crippen molar-refractivity contribution in [2.45, 2.75) is 32.4 Å². The Morgan fingerprint density at radius 3 is 2.34 bits per heavy atom. The van der Waals surface area contributed by atoms with Crippen molar-refractivity contribution < 1.29 is 40.6 Å². The Labute approximate surface area is 161 Å². The van der Waals surface area contributed by atoms with Crippen LogP contribution in [0.4, 0.5) is 26.3 Å². The minimum Gasteiger partial charge on any atom is -0.482 e. The van der Waals surface area contributed by atoms with Crippen LogP contribution in [0, 0.1) is 6.92 Å². The van der Waals surface area contributed by atoms with Crippen molar-refractivity contribution in [3.8, 4) is 11.5 Å². The molecular weight excluding hydrogens is 406 g/mol. The molecule has 0 spiro atoms. The number of ether oxygens (including phenoxy) is 2. The quantitative estimate of drug-likeness (QED) is 0.685. The van der Waals surface area contributed by atoms with Gasteiger partial charge in [-0.15, -0.1) is 13.2 Å². The van der Waals surface area contributed by atoms with Crippen LogP contribution in [0.2, 0.25) is 0 Å². The van der Waals surface area contributed by atoms with Gasteiger partial charge in [-0.25, -0.2) is 0 Å². The normalized spacial score (nSPS) is 13.0. The van der Waals surface area contributed by atoms with Crippen LogP contribution in [-0.2, 0) is 0 Å². The molecule has 11 heteroatoms. The summed E-state index contributed by atoms with van der Waals surface area (Å²) < 4.78 is 83.5. The monoisotopic (exact) mass is 422 g/mol. The van der Waals surface area contributed by atoms with E-state index in [4.69, 9.17) is 4.74 Å². The van der Waals surface area contributed by atoms with E-state index in [1.165, 1.54) is 31.2 Å². The van der Waals surface area contributed by atoms with Crippen molar-refractivity contribution >= 4 is 5.91 Å². The van der Waals surface area contributed by atoms with Gasteiger partial charge in [-0.1, -0.05) is 12.1 Å². The molecule has 158 valence electrons. The van der Waals surface area contributed by atoms with E-state index in [1.807, 2.05) is 0 Å². The summed E-state index contributed by atoms with van der Waals surface area (Å²) in [5, 5.41) is 2.39. The van der Waals surface area contributed by atoms with Gasteiger partial charge in [0, 0.05) is 5.69 Å². The zero-order chi connectivity index (χ0) is 21.8. The summed E-state index contributed by atoms with van der Waals surface area (Å²) in [6.07, 6.45) is -9.58. The molecule has 0 fully saturated rings. The number of benzene rings is 1. The summed E-state index contributed by atoms with van der Waals surface area (Å²) in [6.45, 7) is 1.43. The highest BCUT2D eigenvalue weighted by atomic mass is 19.4. The number of hydrogen-bond donors (Lipinski definition) is 1. The molecule has 0 aliphatic rings. The SMILES string of the molecule is Cc1ccc(OCC(F)(F)F)c(C(C)NC(=O)c2ccccc2OC(F)(F)F)n1. The Morgan fingerprint density at radius 1 is 1.07 bits per heavy atom. The number of nitrogens with one attached hydrogen (secondary N) is 1. The van der Waals surface area contributed by atoms with Crippen LogP contribution < -0.4 is 14.8 Å². The smallest absolute Gasteiger partial charge is 0.482 e. The van der Waals surface area contributed by atoms with Gasteiger partial charge in [0.2, 0.25) is 0 Å². The number of carbonyl (C=O) groups is 1. The van der Waals surface area contributed by atoms with Crippen molar-refractivity contribution in [2.75, 3.05) is 6.61 Å². The number of halogens is 6. The second-order valence-electron chi connectivity index (χ2n) is 5.98. The molecule has 0 aliphatic heterocycles. The summed E-state index contributed by atoms with van der Waals surface area (Å²) >= 11 is 0. The molecule has 0 aliphatic carbocycles. The molecule has 5 nitrogen and oxygen atoms in total. The molecule has 1 atom stereocenters. The predicted molar refractivity (Wildman–Crippen MR) is 89.5 cm³/mol. The number of pyridine rings is 1. The Bertz CT molecular complexity index is 867. The molecule has 0 radical (unpaired) electrons. The number of carbonyl (C=O) groups excluding carboxylic acids is 1. The number of nitrogens with zero attached hydrogens (tertiary/aromatic N) is 1. The number of aromatic nitrogens is 1. The Hall–Kier alpha value is -2.98. The Balaban J connectivity index is 2.23. The number of aryl methyl sites for hydroxylation is 1. The fourth-order valence-corrected chi connectivity index (χ4v) is 2.37. The van der Waals surface area contributed by atoms with E-state index in [0.29, 0.717) is 5.69 Å². The van der Waals surface area contributed by atoms with E-state index in [9.17, 15) is 31.1 Å². The van der Waals surface area contributed by atoms with Gasteiger partial charge in [0.15, 0.2) is 6.61 Å². The second-order valence-corrected chi connectivity index (χ2v) is 5.98. The molecule has 1 heterocycles. The molecule has 0 saturated carbocycles. The maximum atomic E-state index is 12.5. The highest BCUT2D eigenvalue weighted by molar-refractivity contribution is 5.97. The molecule has 1 N–H and O–H groups in total. The number of rotatable bonds is 6. The average molecular weight is 422 g/mol. The van der Waals surface area contributed by atoms with E-state index < -0.39 is 42.4 Å². The van der Waals surface area contributed by atoms with Gasteiger partial charge in [0.1, 0.15) is 17.2 Å². The zero-order valence-corrected chi connectivity index (χ0v) is 15.2. The van der Waals surface area contributed by atoms with E-state index in [-0.39, 0.29) is 11.4 Å². The van der Waals surface area contributed by atoms with Crippen LogP contribution >= 0.6 is 0 Å². The van der Waals surface area contributed by atoms with Gasteiger partial charge in [-0.2, -0.15) is 13.2 Å². The number of amides is 1. The van der Waals surface area contributed by atoms with Crippen molar-refractivity contribution in [3.05, 3.63) is 53.3 Å². The lowest BCUT2D eigenvalue weighted by molar-refractivity contribution is -0.274. The van der Waals surface area contributed by atoms with Gasteiger partial charge in [0.05, 0.1) is 11.6 Å². The third-order valence-electron chi connectivity index (χ3n) is 3.53. The number of alkyl halides is 6. The first-order valence-corrected chi connectivity index (χ1v) is 8.18. The summed E-state index contributed by atoms with van der Waals surface area (Å²) in [7, 11) is 0. The maximum Gasteiger partial charge on any atom is 0.573 e. The molecule has 1 aromatic carbocycles. The van der Waals surface area contributed by atoms with Crippen molar-refractivity contribution in [2.24, 2.45) is 0 Å². The first-order valence-electron chi connectivity index (χ1n) is 8.18. The minimum atomic E-state index is -5.00. The zero-order valence-electron chi connectivity index (χ0n) is 15.2. The Kier molecular flexibility index (Phi) is 6.60. The van der Waals surface area contributed by atoms with Crippen LogP contribution in [0.15, 0.2) is 36.4 Å².